The minimum absolute atomic E-state index is 0.140. The maximum absolute atomic E-state index is 13.3. The van der Waals surface area contributed by atoms with E-state index in [1.54, 1.807) is 19.2 Å². The molecule has 2 aliphatic rings. The van der Waals surface area contributed by atoms with E-state index in [-0.39, 0.29) is 23.5 Å². The van der Waals surface area contributed by atoms with Gasteiger partial charge in [0.2, 0.25) is 0 Å². The highest BCUT2D eigenvalue weighted by atomic mass is 19.2. The minimum atomic E-state index is -1.03. The van der Waals surface area contributed by atoms with Crippen molar-refractivity contribution in [2.75, 3.05) is 28.6 Å². The van der Waals surface area contributed by atoms with Gasteiger partial charge in [-0.2, -0.15) is 0 Å². The van der Waals surface area contributed by atoms with Gasteiger partial charge in [0, 0.05) is 30.8 Å². The monoisotopic (exact) mass is 482 g/mol. The molecular weight excluding hydrogens is 458 g/mol. The first-order chi connectivity index (χ1) is 16.8. The number of anilines is 4. The highest BCUT2D eigenvalue weighted by Crippen LogP contribution is 2.53. The molecule has 0 unspecified atom stereocenters. The van der Waals surface area contributed by atoms with Crippen molar-refractivity contribution in [3.8, 4) is 0 Å². The molecule has 2 fully saturated rings. The van der Waals surface area contributed by atoms with Gasteiger partial charge in [-0.15, -0.1) is 5.10 Å². The number of Topliss-reactive ketones (excluding diaryl/α,β-unsaturated/α-hetero) is 1. The smallest absolute Gasteiger partial charge is 0.320 e. The first-order valence-corrected chi connectivity index (χ1v) is 11.4. The molecule has 5 rings (SSSR count). The Morgan fingerprint density at radius 1 is 1.06 bits per heavy atom. The van der Waals surface area contributed by atoms with E-state index in [0.29, 0.717) is 16.9 Å². The fraction of sp³-hybridized carbons (Fsp3) is 0.375. The second kappa shape index (κ2) is 9.05. The van der Waals surface area contributed by atoms with Gasteiger partial charge in [-0.05, 0) is 62.3 Å². The maximum Gasteiger partial charge on any atom is 0.320 e. The SMILES string of the molecule is CC(=O)C1CC2(CCN(c3ccc(NC(=O)c4nnc(Nc5ccc(F)c(F)c5)o4)cn3)CC2)C1. The third-order valence-electron chi connectivity index (χ3n) is 6.88. The number of halogens is 2. The lowest BCUT2D eigenvalue weighted by molar-refractivity contribution is -0.129. The van der Waals surface area contributed by atoms with Gasteiger partial charge in [-0.25, -0.2) is 13.8 Å². The Labute approximate surface area is 199 Å². The molecule has 3 aromatic rings. The van der Waals surface area contributed by atoms with Gasteiger partial charge in [0.1, 0.15) is 11.6 Å². The van der Waals surface area contributed by atoms with Crippen LogP contribution in [0.2, 0.25) is 0 Å². The molecule has 0 bridgehead atoms. The number of carbonyl (C=O) groups excluding carboxylic acids is 2. The predicted octanol–water partition coefficient (Wildman–Crippen LogP) is 4.32. The molecule has 35 heavy (non-hydrogen) atoms. The van der Waals surface area contributed by atoms with Crippen LogP contribution in [0, 0.1) is 23.0 Å². The van der Waals surface area contributed by atoms with E-state index in [9.17, 15) is 18.4 Å². The quantitative estimate of drug-likeness (QED) is 0.534. The van der Waals surface area contributed by atoms with Crippen LogP contribution in [0.1, 0.15) is 43.3 Å². The molecule has 1 saturated carbocycles. The average Bonchev–Trinajstić information content (AvgIpc) is 3.29. The summed E-state index contributed by atoms with van der Waals surface area (Å²) >= 11 is 0. The number of hydrogen-bond donors (Lipinski definition) is 2. The van der Waals surface area contributed by atoms with Crippen LogP contribution >= 0.6 is 0 Å². The van der Waals surface area contributed by atoms with E-state index in [0.717, 1.165) is 56.7 Å². The number of carbonyl (C=O) groups is 2. The first-order valence-electron chi connectivity index (χ1n) is 11.4. The molecule has 2 aromatic heterocycles. The summed E-state index contributed by atoms with van der Waals surface area (Å²) in [7, 11) is 0. The van der Waals surface area contributed by atoms with Gasteiger partial charge in [0.15, 0.2) is 11.6 Å². The van der Waals surface area contributed by atoms with Crippen molar-refractivity contribution < 1.29 is 22.8 Å². The third-order valence-corrected chi connectivity index (χ3v) is 6.88. The molecular formula is C24H24F2N6O3. The first kappa shape index (κ1) is 22.9. The predicted molar refractivity (Wildman–Crippen MR) is 123 cm³/mol. The maximum atomic E-state index is 13.3. The van der Waals surface area contributed by atoms with Crippen molar-refractivity contribution >= 4 is 34.9 Å². The average molecular weight is 482 g/mol. The number of hydrogen-bond acceptors (Lipinski definition) is 8. The molecule has 3 heterocycles. The lowest BCUT2D eigenvalue weighted by Gasteiger charge is -2.51. The number of pyridine rings is 1. The number of nitrogens with zero attached hydrogens (tertiary/aromatic N) is 4. The summed E-state index contributed by atoms with van der Waals surface area (Å²) < 4.78 is 31.6. The molecule has 1 saturated heterocycles. The highest BCUT2D eigenvalue weighted by Gasteiger charge is 2.47. The van der Waals surface area contributed by atoms with E-state index >= 15 is 0 Å². The summed E-state index contributed by atoms with van der Waals surface area (Å²) in [6, 6.07) is 6.64. The lowest BCUT2D eigenvalue weighted by Crippen LogP contribution is -2.48. The Hall–Kier alpha value is -3.89. The second-order valence-electron chi connectivity index (χ2n) is 9.23. The number of piperidine rings is 1. The van der Waals surface area contributed by atoms with Crippen LogP contribution in [-0.4, -0.2) is 40.0 Å². The summed E-state index contributed by atoms with van der Waals surface area (Å²) in [5.74, 6) is -1.58. The van der Waals surface area contributed by atoms with Crippen LogP contribution in [0.15, 0.2) is 40.9 Å². The molecule has 182 valence electrons. The van der Waals surface area contributed by atoms with Gasteiger partial charge in [-0.3, -0.25) is 9.59 Å². The molecule has 1 aromatic carbocycles. The van der Waals surface area contributed by atoms with Crippen LogP contribution in [0.4, 0.5) is 32.0 Å². The lowest BCUT2D eigenvalue weighted by atomic mass is 9.56. The summed E-state index contributed by atoms with van der Waals surface area (Å²) in [6.45, 7) is 3.46. The Morgan fingerprint density at radius 3 is 2.46 bits per heavy atom. The standard InChI is InChI=1S/C24H24F2N6O3/c1-14(33)15-11-24(12-15)6-8-32(9-7-24)20-5-3-17(13-27-20)28-21(34)22-30-31-23(35-22)29-16-2-4-18(25)19(26)10-16/h2-5,10,13,15H,6-9,11-12H2,1H3,(H,28,34)(H,29,31). The van der Waals surface area contributed by atoms with E-state index in [1.165, 1.54) is 6.07 Å². The van der Waals surface area contributed by atoms with E-state index in [4.69, 9.17) is 4.42 Å². The largest absolute Gasteiger partial charge is 0.399 e. The summed E-state index contributed by atoms with van der Waals surface area (Å²) in [5.41, 5.74) is 0.964. The van der Waals surface area contributed by atoms with Crippen LogP contribution < -0.4 is 15.5 Å². The van der Waals surface area contributed by atoms with Crippen molar-refractivity contribution in [3.63, 3.8) is 0 Å². The summed E-state index contributed by atoms with van der Waals surface area (Å²) in [5, 5.41) is 12.6. The topological polar surface area (TPSA) is 113 Å². The van der Waals surface area contributed by atoms with Crippen molar-refractivity contribution in [2.24, 2.45) is 11.3 Å². The normalized spacial score (nSPS) is 17.2. The third kappa shape index (κ3) is 4.84. The zero-order valence-electron chi connectivity index (χ0n) is 19.1. The number of ketones is 1. The van der Waals surface area contributed by atoms with E-state index < -0.39 is 17.5 Å². The van der Waals surface area contributed by atoms with Gasteiger partial charge in [-0.1, -0.05) is 5.10 Å². The van der Waals surface area contributed by atoms with E-state index in [2.05, 4.69) is 30.7 Å². The molecule has 1 spiro atoms. The molecule has 1 amide bonds. The van der Waals surface area contributed by atoms with Crippen LogP contribution in [0.3, 0.4) is 0 Å². The number of nitrogens with one attached hydrogen (secondary N) is 2. The second-order valence-corrected chi connectivity index (χ2v) is 9.23. The van der Waals surface area contributed by atoms with Gasteiger partial charge in [0.05, 0.1) is 11.9 Å². The number of rotatable bonds is 6. The van der Waals surface area contributed by atoms with Gasteiger partial charge in [0.25, 0.3) is 0 Å². The fourth-order valence-corrected chi connectivity index (χ4v) is 4.79. The van der Waals surface area contributed by atoms with Crippen LogP contribution in [-0.2, 0) is 4.79 Å². The highest BCUT2D eigenvalue weighted by molar-refractivity contribution is 6.00. The minimum Gasteiger partial charge on any atom is -0.399 e. The van der Waals surface area contributed by atoms with Gasteiger partial charge < -0.3 is 20.0 Å². The molecule has 1 aliphatic heterocycles. The summed E-state index contributed by atoms with van der Waals surface area (Å²) in [6.07, 6.45) is 5.66. The Bertz CT molecular complexity index is 1250. The Morgan fingerprint density at radius 2 is 1.80 bits per heavy atom. The summed E-state index contributed by atoms with van der Waals surface area (Å²) in [4.78, 5) is 30.7. The Kier molecular flexibility index (Phi) is 5.91. The number of benzene rings is 1. The zero-order valence-corrected chi connectivity index (χ0v) is 19.1. The number of aromatic nitrogens is 3. The van der Waals surface area contributed by atoms with Crippen molar-refractivity contribution in [1.29, 1.82) is 0 Å². The molecule has 11 heteroatoms. The van der Waals surface area contributed by atoms with Crippen molar-refractivity contribution in [2.45, 2.75) is 32.6 Å². The van der Waals surface area contributed by atoms with Crippen molar-refractivity contribution in [1.82, 2.24) is 15.2 Å². The van der Waals surface area contributed by atoms with Crippen LogP contribution in [0.25, 0.3) is 0 Å². The molecule has 9 nitrogen and oxygen atoms in total. The molecule has 0 radical (unpaired) electrons. The fourth-order valence-electron chi connectivity index (χ4n) is 4.79. The Balaban J connectivity index is 1.14. The van der Waals surface area contributed by atoms with Gasteiger partial charge >= 0.3 is 17.8 Å². The van der Waals surface area contributed by atoms with E-state index in [1.807, 2.05) is 6.07 Å². The van der Waals surface area contributed by atoms with Crippen molar-refractivity contribution in [3.05, 3.63) is 54.1 Å². The molecule has 1 aliphatic carbocycles. The number of amides is 1. The molecule has 2 N–H and O–H groups in total. The molecule has 0 atom stereocenters. The van der Waals surface area contributed by atoms with Crippen LogP contribution in [0.5, 0.6) is 0 Å². The zero-order chi connectivity index (χ0) is 24.6.